The number of hydrogen-bond acceptors (Lipinski definition) is 4. The molecule has 0 aromatic rings. The zero-order valence-electron chi connectivity index (χ0n) is 22.3. The fourth-order valence-electron chi connectivity index (χ4n) is 6.97. The van der Waals surface area contributed by atoms with Gasteiger partial charge in [-0.25, -0.2) is 0 Å². The minimum atomic E-state index is -1.61. The molecule has 0 spiro atoms. The number of carbonyl (C=O) groups excluding carboxylic acids is 2. The molecule has 0 heterocycles. The quantitative estimate of drug-likeness (QED) is 0.445. The van der Waals surface area contributed by atoms with E-state index in [1.54, 1.807) is 6.08 Å². The predicted octanol–water partition coefficient (Wildman–Crippen LogP) is 5.75. The molecule has 0 aliphatic heterocycles. The monoisotopic (exact) mass is 468 g/mol. The molecule has 2 bridgehead atoms. The van der Waals surface area contributed by atoms with E-state index >= 15 is 0 Å². The molecular weight excluding hydrogens is 424 g/mol. The van der Waals surface area contributed by atoms with E-state index in [4.69, 9.17) is 0 Å². The highest BCUT2D eigenvalue weighted by molar-refractivity contribution is 6.02. The van der Waals surface area contributed by atoms with E-state index in [0.29, 0.717) is 12.8 Å². The fourth-order valence-corrected chi connectivity index (χ4v) is 6.97. The van der Waals surface area contributed by atoms with Gasteiger partial charge in [0.2, 0.25) is 0 Å². The van der Waals surface area contributed by atoms with Gasteiger partial charge in [-0.2, -0.15) is 0 Å². The van der Waals surface area contributed by atoms with E-state index in [9.17, 15) is 19.8 Å². The van der Waals surface area contributed by atoms with Crippen molar-refractivity contribution in [2.75, 3.05) is 0 Å². The van der Waals surface area contributed by atoms with E-state index in [1.807, 2.05) is 47.6 Å². The van der Waals surface area contributed by atoms with E-state index < -0.39 is 29.0 Å². The zero-order chi connectivity index (χ0) is 25.6. The Balaban J connectivity index is 2.03. The molecular formula is C30H44O4. The molecule has 34 heavy (non-hydrogen) atoms. The molecule has 2 N–H and O–H groups in total. The SMILES string of the molecule is CC(C)=CCCC(C)[C@]1(O)C(=O)C=C(C)[C@@H]2[C@H]1[C@@H]1C=C(C)[C@@H]2[C@](O)(C(C)CCC=C(C)C)C1=O. The van der Waals surface area contributed by atoms with Crippen molar-refractivity contribution < 1.29 is 19.8 Å². The summed E-state index contributed by atoms with van der Waals surface area (Å²) in [5.41, 5.74) is 1.22. The maximum absolute atomic E-state index is 13.9. The van der Waals surface area contributed by atoms with Crippen LogP contribution in [-0.2, 0) is 9.59 Å². The molecule has 0 saturated heterocycles. The van der Waals surface area contributed by atoms with Crippen molar-refractivity contribution in [2.24, 2.45) is 35.5 Å². The van der Waals surface area contributed by atoms with Gasteiger partial charge < -0.3 is 10.2 Å². The lowest BCUT2D eigenvalue weighted by Gasteiger charge is -2.61. The number of Topliss-reactive ketones (excluding diaryl/α,β-unsaturated/α-hetero) is 1. The molecule has 1 saturated carbocycles. The van der Waals surface area contributed by atoms with Crippen LogP contribution in [0.2, 0.25) is 0 Å². The summed E-state index contributed by atoms with van der Waals surface area (Å²) >= 11 is 0. The van der Waals surface area contributed by atoms with Gasteiger partial charge in [0.15, 0.2) is 11.6 Å². The Morgan fingerprint density at radius 3 is 1.91 bits per heavy atom. The number of fused-ring (bicyclic) bond motifs is 1. The number of aliphatic hydroxyl groups is 2. The summed E-state index contributed by atoms with van der Waals surface area (Å²) < 4.78 is 0. The summed E-state index contributed by atoms with van der Waals surface area (Å²) in [7, 11) is 0. The van der Waals surface area contributed by atoms with Gasteiger partial charge in [-0.3, -0.25) is 9.59 Å². The Bertz CT molecular complexity index is 958. The smallest absolute Gasteiger partial charge is 0.187 e. The first-order valence-corrected chi connectivity index (χ1v) is 12.9. The van der Waals surface area contributed by atoms with Crippen LogP contribution in [0, 0.1) is 35.5 Å². The van der Waals surface area contributed by atoms with Crippen LogP contribution in [0.25, 0.3) is 0 Å². The summed E-state index contributed by atoms with van der Waals surface area (Å²) in [5.74, 6) is -2.85. The van der Waals surface area contributed by atoms with Gasteiger partial charge in [0.05, 0.1) is 0 Å². The van der Waals surface area contributed by atoms with E-state index in [0.717, 1.165) is 24.0 Å². The van der Waals surface area contributed by atoms with Crippen molar-refractivity contribution >= 4 is 11.6 Å². The van der Waals surface area contributed by atoms with Gasteiger partial charge in [-0.05, 0) is 91.1 Å². The molecule has 0 amide bonds. The Labute approximate surface area is 205 Å². The minimum absolute atomic E-state index is 0.216. The topological polar surface area (TPSA) is 74.6 Å². The summed E-state index contributed by atoms with van der Waals surface area (Å²) in [6.07, 6.45) is 10.8. The molecule has 4 rings (SSSR count). The lowest BCUT2D eigenvalue weighted by atomic mass is 9.43. The molecule has 0 radical (unpaired) electrons. The molecule has 8 atom stereocenters. The van der Waals surface area contributed by atoms with Crippen LogP contribution in [0.3, 0.4) is 0 Å². The lowest BCUT2D eigenvalue weighted by molar-refractivity contribution is -0.194. The van der Waals surface area contributed by atoms with Crippen LogP contribution in [0.5, 0.6) is 0 Å². The van der Waals surface area contributed by atoms with Crippen molar-refractivity contribution in [2.45, 2.75) is 92.3 Å². The third kappa shape index (κ3) is 4.22. The second kappa shape index (κ2) is 9.70. The Morgan fingerprint density at radius 2 is 1.41 bits per heavy atom. The van der Waals surface area contributed by atoms with Gasteiger partial charge >= 0.3 is 0 Å². The maximum Gasteiger partial charge on any atom is 0.187 e. The molecule has 4 aliphatic carbocycles. The average Bonchev–Trinajstić information content (AvgIpc) is 2.74. The van der Waals surface area contributed by atoms with E-state index in [1.165, 1.54) is 11.1 Å². The molecule has 1 fully saturated rings. The number of carbonyl (C=O) groups is 2. The van der Waals surface area contributed by atoms with Crippen molar-refractivity contribution in [1.82, 2.24) is 0 Å². The van der Waals surface area contributed by atoms with Crippen LogP contribution in [-0.4, -0.2) is 33.0 Å². The zero-order valence-corrected chi connectivity index (χ0v) is 22.3. The first-order chi connectivity index (χ1) is 15.8. The number of ketones is 2. The van der Waals surface area contributed by atoms with Crippen molar-refractivity contribution in [3.63, 3.8) is 0 Å². The van der Waals surface area contributed by atoms with Crippen LogP contribution in [0.15, 0.2) is 46.6 Å². The standard InChI is InChI=1S/C30H44O4/c1-17(2)11-9-13-21(7)29(33)24(31)16-19(5)25-26-20(6)15-23(27(25)29)28(32)30(26,34)22(8)14-10-12-18(3)4/h11-12,15-16,21-23,25-27,33-34H,9-10,13-14H2,1-8H3/t21?,22?,23-,25-,26-,27+,29-,30+/m0/s1. The second-order valence-electron chi connectivity index (χ2n) is 11.8. The minimum Gasteiger partial charge on any atom is -0.381 e. The van der Waals surface area contributed by atoms with Crippen molar-refractivity contribution in [3.8, 4) is 0 Å². The molecule has 0 aromatic heterocycles. The summed E-state index contributed by atoms with van der Waals surface area (Å²) in [5, 5.41) is 24.1. The number of hydrogen-bond donors (Lipinski definition) is 2. The van der Waals surface area contributed by atoms with Gasteiger partial charge in [-0.15, -0.1) is 0 Å². The predicted molar refractivity (Wildman–Crippen MR) is 137 cm³/mol. The normalized spacial score (nSPS) is 36.3. The van der Waals surface area contributed by atoms with Crippen LogP contribution >= 0.6 is 0 Å². The fraction of sp³-hybridized carbons (Fsp3) is 0.667. The molecule has 4 aliphatic rings. The second-order valence-corrected chi connectivity index (χ2v) is 11.8. The van der Waals surface area contributed by atoms with E-state index in [-0.39, 0.29) is 29.3 Å². The first-order valence-electron chi connectivity index (χ1n) is 12.9. The van der Waals surface area contributed by atoms with Gasteiger partial charge in [0, 0.05) is 17.8 Å². The third-order valence-corrected chi connectivity index (χ3v) is 8.83. The van der Waals surface area contributed by atoms with E-state index in [2.05, 4.69) is 26.0 Å². The highest BCUT2D eigenvalue weighted by atomic mass is 16.3. The Hall–Kier alpha value is -1.78. The molecule has 0 aromatic carbocycles. The summed E-state index contributed by atoms with van der Waals surface area (Å²) in [4.78, 5) is 27.3. The van der Waals surface area contributed by atoms with Gasteiger partial charge in [0.1, 0.15) is 11.2 Å². The van der Waals surface area contributed by atoms with Crippen LogP contribution in [0.4, 0.5) is 0 Å². The Kier molecular flexibility index (Phi) is 7.65. The van der Waals surface area contributed by atoms with Crippen LogP contribution in [0.1, 0.15) is 81.1 Å². The van der Waals surface area contributed by atoms with Crippen molar-refractivity contribution in [3.05, 3.63) is 46.6 Å². The first kappa shape index (κ1) is 26.8. The number of allylic oxidation sites excluding steroid dienone is 6. The molecule has 2 unspecified atom stereocenters. The summed E-state index contributed by atoms with van der Waals surface area (Å²) in [6.45, 7) is 16.0. The summed E-state index contributed by atoms with van der Waals surface area (Å²) in [6, 6.07) is 0. The third-order valence-electron chi connectivity index (χ3n) is 8.83. The molecule has 188 valence electrons. The highest BCUT2D eigenvalue weighted by Gasteiger charge is 2.69. The Morgan fingerprint density at radius 1 is 0.912 bits per heavy atom. The largest absolute Gasteiger partial charge is 0.381 e. The van der Waals surface area contributed by atoms with Gasteiger partial charge in [-0.1, -0.05) is 54.4 Å². The maximum atomic E-state index is 13.9. The highest BCUT2D eigenvalue weighted by Crippen LogP contribution is 2.61. The number of rotatable bonds is 8. The molecule has 4 nitrogen and oxygen atoms in total. The lowest BCUT2D eigenvalue weighted by Crippen LogP contribution is -2.71. The van der Waals surface area contributed by atoms with Crippen molar-refractivity contribution in [1.29, 1.82) is 0 Å². The van der Waals surface area contributed by atoms with Gasteiger partial charge in [0.25, 0.3) is 0 Å². The molecule has 4 heteroatoms. The average molecular weight is 469 g/mol. The van der Waals surface area contributed by atoms with Crippen LogP contribution < -0.4 is 0 Å².